The van der Waals surface area contributed by atoms with Gasteiger partial charge in [-0.15, -0.1) is 0 Å². The Morgan fingerprint density at radius 2 is 1.76 bits per heavy atom. The molecule has 1 aromatic rings. The van der Waals surface area contributed by atoms with Crippen LogP contribution in [0.4, 0.5) is 0 Å². The number of carbonyl (C=O) groups is 2. The van der Waals surface area contributed by atoms with E-state index >= 15 is 0 Å². The van der Waals surface area contributed by atoms with Gasteiger partial charge in [0.15, 0.2) is 9.84 Å². The normalized spacial score (nSPS) is 23.9. The van der Waals surface area contributed by atoms with E-state index < -0.39 is 9.84 Å². The van der Waals surface area contributed by atoms with Crippen molar-refractivity contribution in [3.63, 3.8) is 0 Å². The van der Waals surface area contributed by atoms with Gasteiger partial charge in [-0.1, -0.05) is 12.1 Å². The minimum absolute atomic E-state index is 0.0899. The van der Waals surface area contributed by atoms with E-state index in [0.29, 0.717) is 17.5 Å². The Morgan fingerprint density at radius 3 is 2.24 bits per heavy atom. The van der Waals surface area contributed by atoms with Gasteiger partial charge >= 0.3 is 0 Å². The number of rotatable bonds is 3. The fourth-order valence-electron chi connectivity index (χ4n) is 2.83. The van der Waals surface area contributed by atoms with Crippen LogP contribution in [0.15, 0.2) is 24.3 Å². The maximum absolute atomic E-state index is 12.2. The Labute approximate surface area is 123 Å². The Hall–Kier alpha value is -1.73. The highest BCUT2D eigenvalue weighted by molar-refractivity contribution is 7.91. The van der Waals surface area contributed by atoms with Crippen molar-refractivity contribution in [2.45, 2.75) is 12.5 Å². The van der Waals surface area contributed by atoms with Crippen molar-refractivity contribution in [2.75, 3.05) is 25.2 Å². The first kappa shape index (κ1) is 14.2. The minimum atomic E-state index is -2.98. The topological polar surface area (TPSA) is 74.8 Å². The fourth-order valence-corrected chi connectivity index (χ4v) is 4.63. The van der Waals surface area contributed by atoms with Crippen molar-refractivity contribution >= 4 is 21.7 Å². The van der Waals surface area contributed by atoms with Crippen LogP contribution >= 0.6 is 0 Å². The van der Waals surface area contributed by atoms with E-state index in [1.165, 1.54) is 4.90 Å². The summed E-state index contributed by atoms with van der Waals surface area (Å²) < 4.78 is 23.0. The van der Waals surface area contributed by atoms with Crippen LogP contribution in [0.3, 0.4) is 0 Å². The third kappa shape index (κ3) is 2.47. The maximum atomic E-state index is 12.2. The first-order valence-corrected chi connectivity index (χ1v) is 8.57. The van der Waals surface area contributed by atoms with Crippen LogP contribution in [-0.4, -0.2) is 61.3 Å². The second-order valence-electron chi connectivity index (χ2n) is 5.54. The number of benzene rings is 1. The van der Waals surface area contributed by atoms with Crippen LogP contribution < -0.4 is 0 Å². The molecular weight excluding hydrogens is 292 g/mol. The van der Waals surface area contributed by atoms with E-state index in [9.17, 15) is 18.0 Å². The molecule has 112 valence electrons. The highest BCUT2D eigenvalue weighted by atomic mass is 32.2. The predicted molar refractivity (Wildman–Crippen MR) is 76.6 cm³/mol. The average molecular weight is 308 g/mol. The van der Waals surface area contributed by atoms with Gasteiger partial charge in [-0.25, -0.2) is 8.42 Å². The molecule has 7 heteroatoms. The molecule has 0 spiro atoms. The Morgan fingerprint density at radius 1 is 1.19 bits per heavy atom. The predicted octanol–water partition coefficient (Wildman–Crippen LogP) is 0.359. The summed E-state index contributed by atoms with van der Waals surface area (Å²) >= 11 is 0. The molecule has 2 heterocycles. The van der Waals surface area contributed by atoms with Gasteiger partial charge in [-0.3, -0.25) is 19.4 Å². The third-order valence-electron chi connectivity index (χ3n) is 4.07. The molecule has 6 nitrogen and oxygen atoms in total. The molecule has 0 radical (unpaired) electrons. The van der Waals surface area contributed by atoms with E-state index in [-0.39, 0.29) is 36.0 Å². The lowest BCUT2D eigenvalue weighted by Gasteiger charge is -2.27. The molecule has 1 atom stereocenters. The molecule has 0 aliphatic carbocycles. The number of sulfone groups is 1. The molecule has 0 N–H and O–H groups in total. The van der Waals surface area contributed by atoms with Crippen LogP contribution in [0.1, 0.15) is 27.1 Å². The highest BCUT2D eigenvalue weighted by Crippen LogP contribution is 2.24. The van der Waals surface area contributed by atoms with Crippen molar-refractivity contribution in [2.24, 2.45) is 0 Å². The van der Waals surface area contributed by atoms with Crippen molar-refractivity contribution in [1.29, 1.82) is 0 Å². The van der Waals surface area contributed by atoms with Crippen LogP contribution in [0, 0.1) is 0 Å². The summed E-state index contributed by atoms with van der Waals surface area (Å²) in [5.74, 6) is -0.372. The first-order chi connectivity index (χ1) is 9.89. The molecule has 0 saturated carbocycles. The molecule has 0 aromatic heterocycles. The fraction of sp³-hybridized carbons (Fsp3) is 0.429. The van der Waals surface area contributed by atoms with Crippen molar-refractivity contribution in [3.05, 3.63) is 35.4 Å². The Kier molecular flexibility index (Phi) is 3.33. The Bertz CT molecular complexity index is 678. The number of amides is 2. The van der Waals surface area contributed by atoms with Crippen molar-refractivity contribution < 1.29 is 18.0 Å². The van der Waals surface area contributed by atoms with Gasteiger partial charge in [-0.2, -0.15) is 0 Å². The molecule has 3 rings (SSSR count). The van der Waals surface area contributed by atoms with E-state index in [4.69, 9.17) is 0 Å². The molecule has 1 saturated heterocycles. The summed E-state index contributed by atoms with van der Waals surface area (Å²) in [5.41, 5.74) is 0.824. The summed E-state index contributed by atoms with van der Waals surface area (Å²) in [6.07, 6.45) is 0.544. The lowest BCUT2D eigenvalue weighted by Crippen LogP contribution is -2.44. The second kappa shape index (κ2) is 4.92. The largest absolute Gasteiger partial charge is 0.285 e. The first-order valence-electron chi connectivity index (χ1n) is 6.75. The molecule has 0 unspecified atom stereocenters. The maximum Gasteiger partial charge on any atom is 0.262 e. The quantitative estimate of drug-likeness (QED) is 0.754. The molecule has 2 amide bonds. The SMILES string of the molecule is CN(CN1C(=O)c2ccccc2C1=O)[C@H]1CCS(=O)(=O)C1. The molecule has 2 aliphatic rings. The van der Waals surface area contributed by atoms with E-state index in [2.05, 4.69) is 0 Å². The molecule has 0 bridgehead atoms. The molecule has 2 aliphatic heterocycles. The lowest BCUT2D eigenvalue weighted by atomic mass is 10.1. The zero-order valence-corrected chi connectivity index (χ0v) is 12.5. The van der Waals surface area contributed by atoms with Gasteiger partial charge in [0.05, 0.1) is 29.3 Å². The van der Waals surface area contributed by atoms with Crippen LogP contribution in [0.25, 0.3) is 0 Å². The zero-order chi connectivity index (χ0) is 15.2. The van der Waals surface area contributed by atoms with E-state index in [0.717, 1.165) is 0 Å². The number of nitrogens with zero attached hydrogens (tertiary/aromatic N) is 2. The number of fused-ring (bicyclic) bond motifs is 1. The van der Waals surface area contributed by atoms with Gasteiger partial charge in [0.1, 0.15) is 0 Å². The highest BCUT2D eigenvalue weighted by Gasteiger charge is 2.38. The van der Waals surface area contributed by atoms with E-state index in [1.54, 1.807) is 36.2 Å². The molecule has 21 heavy (non-hydrogen) atoms. The van der Waals surface area contributed by atoms with Crippen LogP contribution in [0.5, 0.6) is 0 Å². The molecular formula is C14H16N2O4S. The third-order valence-corrected chi connectivity index (χ3v) is 5.82. The smallest absolute Gasteiger partial charge is 0.262 e. The average Bonchev–Trinajstić information content (AvgIpc) is 2.93. The molecule has 1 fully saturated rings. The van der Waals surface area contributed by atoms with Gasteiger partial charge in [-0.05, 0) is 25.6 Å². The molecule has 1 aromatic carbocycles. The zero-order valence-electron chi connectivity index (χ0n) is 11.7. The number of hydrogen-bond donors (Lipinski definition) is 0. The van der Waals surface area contributed by atoms with E-state index in [1.807, 2.05) is 0 Å². The number of imide groups is 1. The summed E-state index contributed by atoms with van der Waals surface area (Å²) in [4.78, 5) is 27.4. The van der Waals surface area contributed by atoms with Crippen LogP contribution in [-0.2, 0) is 9.84 Å². The Balaban J connectivity index is 1.75. The number of hydrogen-bond acceptors (Lipinski definition) is 5. The monoisotopic (exact) mass is 308 g/mol. The number of carbonyl (C=O) groups excluding carboxylic acids is 2. The van der Waals surface area contributed by atoms with Crippen molar-refractivity contribution in [1.82, 2.24) is 9.80 Å². The van der Waals surface area contributed by atoms with Crippen LogP contribution in [0.2, 0.25) is 0 Å². The van der Waals surface area contributed by atoms with Crippen molar-refractivity contribution in [3.8, 4) is 0 Å². The lowest BCUT2D eigenvalue weighted by molar-refractivity contribution is 0.0535. The standard InChI is InChI=1S/C14H16N2O4S/c1-15(10-6-7-21(19,20)8-10)9-16-13(17)11-4-2-3-5-12(11)14(16)18/h2-5,10H,6-9H2,1H3/t10-/m0/s1. The van der Waals surface area contributed by atoms with Gasteiger partial charge in [0.2, 0.25) is 0 Å². The van der Waals surface area contributed by atoms with Gasteiger partial charge in [0, 0.05) is 6.04 Å². The van der Waals surface area contributed by atoms with Gasteiger partial charge < -0.3 is 0 Å². The summed E-state index contributed by atoms with van der Waals surface area (Å²) in [7, 11) is -1.24. The summed E-state index contributed by atoms with van der Waals surface area (Å²) in [6, 6.07) is 6.58. The summed E-state index contributed by atoms with van der Waals surface area (Å²) in [6.45, 7) is 0.118. The summed E-state index contributed by atoms with van der Waals surface area (Å²) in [5, 5.41) is 0. The van der Waals surface area contributed by atoms with Gasteiger partial charge in [0.25, 0.3) is 11.8 Å². The second-order valence-corrected chi connectivity index (χ2v) is 7.77. The minimum Gasteiger partial charge on any atom is -0.285 e.